The fraction of sp³-hybridized carbons (Fsp3) is 0.458. The molecule has 0 aromatic heterocycles. The summed E-state index contributed by atoms with van der Waals surface area (Å²) in [5.74, 6) is 2.30. The molecule has 1 N–H and O–H groups in total. The summed E-state index contributed by atoms with van der Waals surface area (Å²) >= 11 is 0. The number of carbonyl (C=O) groups excluding carboxylic acids is 1. The first-order valence-corrected chi connectivity index (χ1v) is 10.4. The molecule has 1 aliphatic rings. The second-order valence-electron chi connectivity index (χ2n) is 7.81. The van der Waals surface area contributed by atoms with Gasteiger partial charge in [-0.25, -0.2) is 0 Å². The molecule has 0 unspecified atom stereocenters. The van der Waals surface area contributed by atoms with Crippen LogP contribution in [-0.2, 0) is 0 Å². The standard InChI is InChI=1S/C24H31NO3/c1-18(2)28-23-12-8-20(9-13-23)24(26)25-21-10-14-22(15-11-21)27-17-16-19-6-4-3-5-7-19/h8-15,18-19H,3-7,16-17H2,1-2H3,(H,25,26). The highest BCUT2D eigenvalue weighted by Crippen LogP contribution is 2.26. The molecule has 0 radical (unpaired) electrons. The summed E-state index contributed by atoms with van der Waals surface area (Å²) in [6.07, 6.45) is 8.06. The molecule has 2 aromatic carbocycles. The Kier molecular flexibility index (Phi) is 7.35. The summed E-state index contributed by atoms with van der Waals surface area (Å²) < 4.78 is 11.5. The highest BCUT2D eigenvalue weighted by molar-refractivity contribution is 6.04. The molecule has 1 aliphatic carbocycles. The molecular formula is C24H31NO3. The van der Waals surface area contributed by atoms with Crippen LogP contribution in [0.5, 0.6) is 11.5 Å². The Balaban J connectivity index is 1.46. The number of hydrogen-bond donors (Lipinski definition) is 1. The first-order valence-electron chi connectivity index (χ1n) is 10.4. The minimum atomic E-state index is -0.137. The Morgan fingerprint density at radius 3 is 2.25 bits per heavy atom. The smallest absolute Gasteiger partial charge is 0.255 e. The highest BCUT2D eigenvalue weighted by Gasteiger charge is 2.13. The van der Waals surface area contributed by atoms with E-state index in [1.165, 1.54) is 32.1 Å². The lowest BCUT2D eigenvalue weighted by atomic mass is 9.87. The molecule has 0 spiro atoms. The van der Waals surface area contributed by atoms with E-state index in [0.717, 1.165) is 36.1 Å². The maximum atomic E-state index is 12.4. The quantitative estimate of drug-likeness (QED) is 0.603. The largest absolute Gasteiger partial charge is 0.494 e. The van der Waals surface area contributed by atoms with Gasteiger partial charge in [0.05, 0.1) is 12.7 Å². The van der Waals surface area contributed by atoms with Crippen LogP contribution in [-0.4, -0.2) is 18.6 Å². The van der Waals surface area contributed by atoms with Gasteiger partial charge >= 0.3 is 0 Å². The van der Waals surface area contributed by atoms with Gasteiger partial charge in [0.15, 0.2) is 0 Å². The maximum absolute atomic E-state index is 12.4. The van der Waals surface area contributed by atoms with Crippen molar-refractivity contribution < 1.29 is 14.3 Å². The zero-order valence-corrected chi connectivity index (χ0v) is 16.9. The minimum absolute atomic E-state index is 0.114. The molecule has 150 valence electrons. The molecule has 0 bridgehead atoms. The van der Waals surface area contributed by atoms with Crippen molar-refractivity contribution in [3.05, 3.63) is 54.1 Å². The summed E-state index contributed by atoms with van der Waals surface area (Å²) in [5, 5.41) is 2.92. The number of nitrogens with one attached hydrogen (secondary N) is 1. The number of ether oxygens (including phenoxy) is 2. The lowest BCUT2D eigenvalue weighted by Gasteiger charge is -2.21. The second kappa shape index (κ2) is 10.2. The van der Waals surface area contributed by atoms with Crippen molar-refractivity contribution in [2.24, 2.45) is 5.92 Å². The molecule has 2 aromatic rings. The van der Waals surface area contributed by atoms with Gasteiger partial charge in [-0.1, -0.05) is 32.1 Å². The lowest BCUT2D eigenvalue weighted by molar-refractivity contribution is 0.102. The van der Waals surface area contributed by atoms with E-state index in [-0.39, 0.29) is 12.0 Å². The average molecular weight is 382 g/mol. The van der Waals surface area contributed by atoms with Crippen molar-refractivity contribution in [3.63, 3.8) is 0 Å². The van der Waals surface area contributed by atoms with Crippen LogP contribution in [0.1, 0.15) is 62.7 Å². The van der Waals surface area contributed by atoms with E-state index in [4.69, 9.17) is 9.47 Å². The molecule has 3 rings (SSSR count). The van der Waals surface area contributed by atoms with Crippen molar-refractivity contribution in [1.29, 1.82) is 0 Å². The molecule has 28 heavy (non-hydrogen) atoms. The third-order valence-corrected chi connectivity index (χ3v) is 5.12. The van der Waals surface area contributed by atoms with Gasteiger partial charge in [0.2, 0.25) is 0 Å². The number of anilines is 1. The number of benzene rings is 2. The van der Waals surface area contributed by atoms with Gasteiger partial charge in [-0.3, -0.25) is 4.79 Å². The maximum Gasteiger partial charge on any atom is 0.255 e. The molecule has 4 heteroatoms. The molecule has 0 heterocycles. The minimum Gasteiger partial charge on any atom is -0.494 e. The monoisotopic (exact) mass is 381 g/mol. The summed E-state index contributed by atoms with van der Waals surface area (Å²) in [7, 11) is 0. The van der Waals surface area contributed by atoms with Crippen molar-refractivity contribution in [2.75, 3.05) is 11.9 Å². The first kappa shape index (κ1) is 20.2. The molecule has 1 amide bonds. The predicted molar refractivity (Wildman–Crippen MR) is 113 cm³/mol. The van der Waals surface area contributed by atoms with E-state index < -0.39 is 0 Å². The van der Waals surface area contributed by atoms with Crippen LogP contribution in [0.15, 0.2) is 48.5 Å². The van der Waals surface area contributed by atoms with E-state index in [0.29, 0.717) is 5.56 Å². The topological polar surface area (TPSA) is 47.6 Å². The first-order chi connectivity index (χ1) is 13.6. The summed E-state index contributed by atoms with van der Waals surface area (Å²) in [4.78, 5) is 12.4. The van der Waals surface area contributed by atoms with E-state index in [2.05, 4.69) is 5.32 Å². The van der Waals surface area contributed by atoms with Gasteiger partial charge in [0, 0.05) is 11.3 Å². The van der Waals surface area contributed by atoms with Crippen molar-refractivity contribution in [3.8, 4) is 11.5 Å². The molecule has 1 fully saturated rings. The zero-order chi connectivity index (χ0) is 19.8. The average Bonchev–Trinajstić information content (AvgIpc) is 2.70. The Morgan fingerprint density at radius 1 is 0.964 bits per heavy atom. The van der Waals surface area contributed by atoms with E-state index in [9.17, 15) is 4.79 Å². The van der Waals surface area contributed by atoms with Gasteiger partial charge in [-0.2, -0.15) is 0 Å². The van der Waals surface area contributed by atoms with E-state index in [1.54, 1.807) is 12.1 Å². The molecule has 0 aliphatic heterocycles. The molecule has 1 saturated carbocycles. The molecule has 0 saturated heterocycles. The van der Waals surface area contributed by atoms with Crippen LogP contribution < -0.4 is 14.8 Å². The number of amides is 1. The van der Waals surface area contributed by atoms with Gasteiger partial charge in [0.25, 0.3) is 5.91 Å². The van der Waals surface area contributed by atoms with Gasteiger partial charge in [-0.05, 0) is 74.7 Å². The van der Waals surface area contributed by atoms with E-state index in [1.807, 2.05) is 50.2 Å². The third kappa shape index (κ3) is 6.29. The van der Waals surface area contributed by atoms with Gasteiger partial charge in [0.1, 0.15) is 11.5 Å². The Bertz CT molecular complexity index is 731. The van der Waals surface area contributed by atoms with Crippen LogP contribution in [0, 0.1) is 5.92 Å². The third-order valence-electron chi connectivity index (χ3n) is 5.12. The van der Waals surface area contributed by atoms with Gasteiger partial charge in [-0.15, -0.1) is 0 Å². The second-order valence-corrected chi connectivity index (χ2v) is 7.81. The summed E-state index contributed by atoms with van der Waals surface area (Å²) in [5.41, 5.74) is 1.36. The normalized spacial score (nSPS) is 14.7. The lowest BCUT2D eigenvalue weighted by Crippen LogP contribution is -2.12. The molecular weight excluding hydrogens is 350 g/mol. The number of rotatable bonds is 8. The van der Waals surface area contributed by atoms with Crippen LogP contribution in [0.25, 0.3) is 0 Å². The number of carbonyl (C=O) groups is 1. The Morgan fingerprint density at radius 2 is 1.61 bits per heavy atom. The van der Waals surface area contributed by atoms with Crippen LogP contribution in [0.4, 0.5) is 5.69 Å². The van der Waals surface area contributed by atoms with Crippen molar-refractivity contribution in [2.45, 2.75) is 58.5 Å². The fourth-order valence-electron chi connectivity index (χ4n) is 3.61. The molecule has 4 nitrogen and oxygen atoms in total. The summed E-state index contributed by atoms with van der Waals surface area (Å²) in [6, 6.07) is 14.8. The van der Waals surface area contributed by atoms with Crippen molar-refractivity contribution >= 4 is 11.6 Å². The number of hydrogen-bond acceptors (Lipinski definition) is 3. The highest BCUT2D eigenvalue weighted by atomic mass is 16.5. The Labute approximate surface area is 168 Å². The van der Waals surface area contributed by atoms with Crippen molar-refractivity contribution in [1.82, 2.24) is 0 Å². The Hall–Kier alpha value is -2.49. The summed E-state index contributed by atoms with van der Waals surface area (Å²) in [6.45, 7) is 4.72. The van der Waals surface area contributed by atoms with Gasteiger partial charge < -0.3 is 14.8 Å². The van der Waals surface area contributed by atoms with E-state index >= 15 is 0 Å². The molecule has 0 atom stereocenters. The van der Waals surface area contributed by atoms with Crippen LogP contribution >= 0.6 is 0 Å². The zero-order valence-electron chi connectivity index (χ0n) is 16.9. The fourth-order valence-corrected chi connectivity index (χ4v) is 3.61. The predicted octanol–water partition coefficient (Wildman–Crippen LogP) is 6.08. The van der Waals surface area contributed by atoms with Crippen LogP contribution in [0.3, 0.4) is 0 Å². The van der Waals surface area contributed by atoms with Crippen LogP contribution in [0.2, 0.25) is 0 Å². The SMILES string of the molecule is CC(C)Oc1ccc(C(=O)Nc2ccc(OCCC3CCCCC3)cc2)cc1.